The van der Waals surface area contributed by atoms with E-state index in [9.17, 15) is 4.79 Å². The second-order valence-corrected chi connectivity index (χ2v) is 5.92. The van der Waals surface area contributed by atoms with Gasteiger partial charge in [-0.2, -0.15) is 0 Å². The summed E-state index contributed by atoms with van der Waals surface area (Å²) in [4.78, 5) is 14.9. The number of rotatable bonds is 5. The van der Waals surface area contributed by atoms with E-state index in [1.807, 2.05) is 36.4 Å². The zero-order valence-electron chi connectivity index (χ0n) is 14.1. The van der Waals surface area contributed by atoms with Gasteiger partial charge < -0.3 is 15.0 Å². The summed E-state index contributed by atoms with van der Waals surface area (Å²) in [7, 11) is 0. The van der Waals surface area contributed by atoms with Gasteiger partial charge in [-0.3, -0.25) is 4.79 Å². The first-order valence-corrected chi connectivity index (χ1v) is 8.60. The van der Waals surface area contributed by atoms with Crippen molar-refractivity contribution in [3.8, 4) is 11.1 Å². The van der Waals surface area contributed by atoms with Gasteiger partial charge in [-0.25, -0.2) is 0 Å². The normalized spacial score (nSPS) is 14.5. The molecule has 2 aromatic rings. The largest absolute Gasteiger partial charge is 0.378 e. The van der Waals surface area contributed by atoms with E-state index in [1.54, 1.807) is 0 Å². The van der Waals surface area contributed by atoms with Crippen LogP contribution in [0.5, 0.6) is 0 Å². The van der Waals surface area contributed by atoms with Crippen molar-refractivity contribution in [3.05, 3.63) is 54.1 Å². The van der Waals surface area contributed by atoms with Crippen LogP contribution in [-0.2, 0) is 4.74 Å². The monoisotopic (exact) mass is 324 g/mol. The molecule has 0 saturated carbocycles. The second-order valence-electron chi connectivity index (χ2n) is 5.92. The summed E-state index contributed by atoms with van der Waals surface area (Å²) < 4.78 is 5.47. The van der Waals surface area contributed by atoms with Gasteiger partial charge in [-0.1, -0.05) is 43.3 Å². The van der Waals surface area contributed by atoms with E-state index in [0.29, 0.717) is 6.54 Å². The SMILES string of the molecule is CCCNC(=O)c1ccccc1-c1ccccc1N1CCOCC1. The molecule has 4 nitrogen and oxygen atoms in total. The highest BCUT2D eigenvalue weighted by atomic mass is 16.5. The smallest absolute Gasteiger partial charge is 0.251 e. The van der Waals surface area contributed by atoms with Crippen LogP contribution in [0, 0.1) is 0 Å². The van der Waals surface area contributed by atoms with Gasteiger partial charge in [0, 0.05) is 36.4 Å². The fourth-order valence-electron chi connectivity index (χ4n) is 3.03. The molecule has 1 saturated heterocycles. The maximum atomic E-state index is 12.5. The van der Waals surface area contributed by atoms with Crippen LogP contribution in [0.2, 0.25) is 0 Å². The summed E-state index contributed by atoms with van der Waals surface area (Å²) in [6.45, 7) is 5.99. The predicted molar refractivity (Wildman–Crippen MR) is 97.5 cm³/mol. The molecule has 1 heterocycles. The summed E-state index contributed by atoms with van der Waals surface area (Å²) >= 11 is 0. The molecule has 2 aromatic carbocycles. The Bertz CT molecular complexity index is 694. The third-order valence-corrected chi connectivity index (χ3v) is 4.25. The number of ether oxygens (including phenoxy) is 1. The third kappa shape index (κ3) is 3.60. The Kier molecular flexibility index (Phi) is 5.49. The molecule has 24 heavy (non-hydrogen) atoms. The van der Waals surface area contributed by atoms with Crippen LogP contribution in [0.4, 0.5) is 5.69 Å². The van der Waals surface area contributed by atoms with E-state index >= 15 is 0 Å². The van der Waals surface area contributed by atoms with E-state index in [2.05, 4.69) is 29.3 Å². The molecular formula is C20H24N2O2. The molecule has 1 aliphatic rings. The number of carbonyl (C=O) groups excluding carboxylic acids is 1. The molecule has 0 radical (unpaired) electrons. The molecule has 1 N–H and O–H groups in total. The van der Waals surface area contributed by atoms with Gasteiger partial charge >= 0.3 is 0 Å². The summed E-state index contributed by atoms with van der Waals surface area (Å²) in [5.41, 5.74) is 3.97. The average molecular weight is 324 g/mol. The van der Waals surface area contributed by atoms with Crippen molar-refractivity contribution in [2.75, 3.05) is 37.7 Å². The van der Waals surface area contributed by atoms with E-state index < -0.39 is 0 Å². The van der Waals surface area contributed by atoms with Crippen molar-refractivity contribution < 1.29 is 9.53 Å². The first kappa shape index (κ1) is 16.5. The number of hydrogen-bond acceptors (Lipinski definition) is 3. The van der Waals surface area contributed by atoms with Crippen molar-refractivity contribution in [2.24, 2.45) is 0 Å². The van der Waals surface area contributed by atoms with Gasteiger partial charge in [0.05, 0.1) is 13.2 Å². The second kappa shape index (κ2) is 7.97. The molecule has 0 aliphatic carbocycles. The Hall–Kier alpha value is -2.33. The number of morpholine rings is 1. The highest BCUT2D eigenvalue weighted by molar-refractivity contribution is 6.02. The van der Waals surface area contributed by atoms with E-state index in [0.717, 1.165) is 55.1 Å². The summed E-state index contributed by atoms with van der Waals surface area (Å²) in [5.74, 6) is -0.00997. The Morgan fingerprint density at radius 3 is 2.46 bits per heavy atom. The number of nitrogens with zero attached hydrogens (tertiary/aromatic N) is 1. The lowest BCUT2D eigenvalue weighted by atomic mass is 9.97. The maximum absolute atomic E-state index is 12.5. The number of anilines is 1. The minimum atomic E-state index is -0.00997. The maximum Gasteiger partial charge on any atom is 0.251 e. The Labute approximate surface area is 143 Å². The molecule has 0 unspecified atom stereocenters. The lowest BCUT2D eigenvalue weighted by molar-refractivity contribution is 0.0954. The number of carbonyl (C=O) groups is 1. The van der Waals surface area contributed by atoms with Crippen molar-refractivity contribution >= 4 is 11.6 Å². The van der Waals surface area contributed by atoms with Crippen LogP contribution in [0.15, 0.2) is 48.5 Å². The van der Waals surface area contributed by atoms with Gasteiger partial charge in [-0.15, -0.1) is 0 Å². The molecule has 3 rings (SSSR count). The van der Waals surface area contributed by atoms with Crippen LogP contribution in [-0.4, -0.2) is 38.8 Å². The van der Waals surface area contributed by atoms with Crippen molar-refractivity contribution in [1.82, 2.24) is 5.32 Å². The minimum Gasteiger partial charge on any atom is -0.378 e. The molecule has 4 heteroatoms. The summed E-state index contributed by atoms with van der Waals surface area (Å²) in [5, 5.41) is 2.99. The Morgan fingerprint density at radius 1 is 1.04 bits per heavy atom. The zero-order chi connectivity index (χ0) is 16.8. The molecule has 0 atom stereocenters. The molecule has 1 amide bonds. The van der Waals surface area contributed by atoms with Crippen molar-refractivity contribution in [1.29, 1.82) is 0 Å². The molecule has 0 spiro atoms. The standard InChI is InChI=1S/C20H24N2O2/c1-2-11-21-20(23)18-9-4-3-7-16(18)17-8-5-6-10-19(17)22-12-14-24-15-13-22/h3-10H,2,11-15H2,1H3,(H,21,23). The minimum absolute atomic E-state index is 0.00997. The lowest BCUT2D eigenvalue weighted by Crippen LogP contribution is -2.36. The highest BCUT2D eigenvalue weighted by Crippen LogP contribution is 2.33. The van der Waals surface area contributed by atoms with Crippen LogP contribution in [0.3, 0.4) is 0 Å². The Balaban J connectivity index is 1.99. The van der Waals surface area contributed by atoms with Gasteiger partial charge in [-0.05, 0) is 24.1 Å². The van der Waals surface area contributed by atoms with Crippen molar-refractivity contribution in [3.63, 3.8) is 0 Å². The summed E-state index contributed by atoms with van der Waals surface area (Å²) in [6.07, 6.45) is 0.929. The number of nitrogens with one attached hydrogen (secondary N) is 1. The first-order valence-electron chi connectivity index (χ1n) is 8.60. The highest BCUT2D eigenvalue weighted by Gasteiger charge is 2.18. The van der Waals surface area contributed by atoms with Crippen LogP contribution < -0.4 is 10.2 Å². The average Bonchev–Trinajstić information content (AvgIpc) is 2.67. The number of hydrogen-bond donors (Lipinski definition) is 1. The molecule has 1 fully saturated rings. The quantitative estimate of drug-likeness (QED) is 0.917. The Morgan fingerprint density at radius 2 is 1.71 bits per heavy atom. The zero-order valence-corrected chi connectivity index (χ0v) is 14.1. The summed E-state index contributed by atoms with van der Waals surface area (Å²) in [6, 6.07) is 16.1. The van der Waals surface area contributed by atoms with Crippen LogP contribution in [0.1, 0.15) is 23.7 Å². The predicted octanol–water partition coefficient (Wildman–Crippen LogP) is 3.33. The molecule has 0 aromatic heterocycles. The molecule has 126 valence electrons. The van der Waals surface area contributed by atoms with Crippen LogP contribution in [0.25, 0.3) is 11.1 Å². The molecule has 0 bridgehead atoms. The van der Waals surface area contributed by atoms with E-state index in [4.69, 9.17) is 4.74 Å². The van der Waals surface area contributed by atoms with E-state index in [-0.39, 0.29) is 5.91 Å². The van der Waals surface area contributed by atoms with Crippen LogP contribution >= 0.6 is 0 Å². The lowest BCUT2D eigenvalue weighted by Gasteiger charge is -2.31. The number of para-hydroxylation sites is 1. The number of amides is 1. The first-order chi connectivity index (χ1) is 11.8. The molecular weight excluding hydrogens is 300 g/mol. The van der Waals surface area contributed by atoms with Gasteiger partial charge in [0.1, 0.15) is 0 Å². The fourth-order valence-corrected chi connectivity index (χ4v) is 3.03. The van der Waals surface area contributed by atoms with Gasteiger partial charge in [0.2, 0.25) is 0 Å². The van der Waals surface area contributed by atoms with Crippen molar-refractivity contribution in [2.45, 2.75) is 13.3 Å². The van der Waals surface area contributed by atoms with Gasteiger partial charge in [0.15, 0.2) is 0 Å². The third-order valence-electron chi connectivity index (χ3n) is 4.25. The molecule has 1 aliphatic heterocycles. The number of benzene rings is 2. The van der Waals surface area contributed by atoms with Gasteiger partial charge in [0.25, 0.3) is 5.91 Å². The topological polar surface area (TPSA) is 41.6 Å². The van der Waals surface area contributed by atoms with E-state index in [1.165, 1.54) is 0 Å². The fraction of sp³-hybridized carbons (Fsp3) is 0.350.